The molecule has 1 amide bonds. The van der Waals surface area contributed by atoms with Crippen molar-refractivity contribution < 1.29 is 9.21 Å². The van der Waals surface area contributed by atoms with E-state index in [4.69, 9.17) is 4.42 Å². The van der Waals surface area contributed by atoms with Crippen LogP contribution in [0.4, 0.5) is 6.01 Å². The lowest BCUT2D eigenvalue weighted by atomic mass is 10.6. The summed E-state index contributed by atoms with van der Waals surface area (Å²) >= 11 is 0. The molecule has 0 fully saturated rings. The summed E-state index contributed by atoms with van der Waals surface area (Å²) in [6, 6.07) is 0.366. The van der Waals surface area contributed by atoms with Crippen molar-refractivity contribution in [2.45, 2.75) is 13.5 Å². The molecule has 0 aliphatic rings. The van der Waals surface area contributed by atoms with Crippen LogP contribution in [0.3, 0.4) is 0 Å². The maximum absolute atomic E-state index is 10.5. The van der Waals surface area contributed by atoms with E-state index in [1.807, 2.05) is 0 Å². The van der Waals surface area contributed by atoms with Gasteiger partial charge in [0.1, 0.15) is 0 Å². The number of carbonyl (C=O) groups is 1. The molecule has 1 aromatic rings. The fourth-order valence-electron chi connectivity index (χ4n) is 0.956. The Kier molecular flexibility index (Phi) is 4.55. The minimum atomic E-state index is -0.0572. The standard InChI is InChI=1S/C8H15N5O2/c1-6(14)10-3-4-11-8-13-12-7(15-8)5-9-2/h9H,3-5H2,1-2H3,(H,10,14)(H,11,13). The number of hydrogen-bond donors (Lipinski definition) is 3. The highest BCUT2D eigenvalue weighted by Crippen LogP contribution is 2.03. The first-order valence-corrected chi connectivity index (χ1v) is 4.67. The molecule has 15 heavy (non-hydrogen) atoms. The molecule has 0 radical (unpaired) electrons. The van der Waals surface area contributed by atoms with Crippen molar-refractivity contribution in [1.82, 2.24) is 20.8 Å². The molecule has 1 rings (SSSR count). The van der Waals surface area contributed by atoms with Gasteiger partial charge in [-0.05, 0) is 7.05 Å². The summed E-state index contributed by atoms with van der Waals surface area (Å²) in [7, 11) is 1.80. The van der Waals surface area contributed by atoms with E-state index in [1.165, 1.54) is 6.92 Å². The van der Waals surface area contributed by atoms with E-state index in [-0.39, 0.29) is 5.91 Å². The van der Waals surface area contributed by atoms with Gasteiger partial charge in [-0.15, -0.1) is 5.10 Å². The molecule has 0 bridgehead atoms. The molecule has 0 saturated carbocycles. The van der Waals surface area contributed by atoms with Gasteiger partial charge in [-0.3, -0.25) is 4.79 Å². The Hall–Kier alpha value is -1.63. The third-order valence-electron chi connectivity index (χ3n) is 1.57. The van der Waals surface area contributed by atoms with Crippen LogP contribution in [0.2, 0.25) is 0 Å². The Morgan fingerprint density at radius 2 is 2.20 bits per heavy atom. The Balaban J connectivity index is 2.22. The van der Waals surface area contributed by atoms with Crippen LogP contribution in [0.25, 0.3) is 0 Å². The molecule has 3 N–H and O–H groups in total. The smallest absolute Gasteiger partial charge is 0.315 e. The third kappa shape index (κ3) is 4.41. The summed E-state index contributed by atoms with van der Waals surface area (Å²) in [5.74, 6) is 0.470. The van der Waals surface area contributed by atoms with Crippen LogP contribution >= 0.6 is 0 Å². The topological polar surface area (TPSA) is 92.1 Å². The van der Waals surface area contributed by atoms with Crippen molar-refractivity contribution in [2.75, 3.05) is 25.5 Å². The molecule has 7 heteroatoms. The molecule has 0 saturated heterocycles. The number of nitrogens with zero attached hydrogens (tertiary/aromatic N) is 2. The fraction of sp³-hybridized carbons (Fsp3) is 0.625. The molecule has 84 valence electrons. The van der Waals surface area contributed by atoms with E-state index in [1.54, 1.807) is 7.05 Å². The average Bonchev–Trinajstić information content (AvgIpc) is 2.61. The zero-order chi connectivity index (χ0) is 11.1. The SMILES string of the molecule is CNCc1nnc(NCCNC(C)=O)o1. The van der Waals surface area contributed by atoms with Crippen LogP contribution in [0, 0.1) is 0 Å². The second kappa shape index (κ2) is 5.97. The number of aromatic nitrogens is 2. The van der Waals surface area contributed by atoms with Gasteiger partial charge in [-0.25, -0.2) is 0 Å². The maximum atomic E-state index is 10.5. The lowest BCUT2D eigenvalue weighted by molar-refractivity contribution is -0.118. The van der Waals surface area contributed by atoms with Crippen LogP contribution in [0.5, 0.6) is 0 Å². The first kappa shape index (κ1) is 11.4. The number of anilines is 1. The van der Waals surface area contributed by atoms with Crippen molar-refractivity contribution >= 4 is 11.9 Å². The molecule has 1 heterocycles. The molecule has 0 unspecified atom stereocenters. The van der Waals surface area contributed by atoms with Gasteiger partial charge in [0.25, 0.3) is 0 Å². The van der Waals surface area contributed by atoms with E-state index >= 15 is 0 Å². The fourth-order valence-corrected chi connectivity index (χ4v) is 0.956. The van der Waals surface area contributed by atoms with Crippen molar-refractivity contribution in [3.8, 4) is 0 Å². The predicted molar refractivity (Wildman–Crippen MR) is 54.2 cm³/mol. The van der Waals surface area contributed by atoms with E-state index in [2.05, 4.69) is 26.1 Å². The Morgan fingerprint density at radius 3 is 2.87 bits per heavy atom. The second-order valence-electron chi connectivity index (χ2n) is 2.94. The van der Waals surface area contributed by atoms with Gasteiger partial charge in [0.05, 0.1) is 6.54 Å². The van der Waals surface area contributed by atoms with E-state index in [0.717, 1.165) is 0 Å². The number of carbonyl (C=O) groups excluding carboxylic acids is 1. The molecular formula is C8H15N5O2. The Labute approximate surface area is 87.6 Å². The van der Waals surface area contributed by atoms with Crippen LogP contribution < -0.4 is 16.0 Å². The highest BCUT2D eigenvalue weighted by Gasteiger charge is 2.03. The first-order valence-electron chi connectivity index (χ1n) is 4.67. The van der Waals surface area contributed by atoms with Crippen LogP contribution in [0.15, 0.2) is 4.42 Å². The van der Waals surface area contributed by atoms with Crippen LogP contribution in [0.1, 0.15) is 12.8 Å². The number of nitrogens with one attached hydrogen (secondary N) is 3. The van der Waals surface area contributed by atoms with Gasteiger partial charge in [-0.1, -0.05) is 5.10 Å². The number of amides is 1. The lowest BCUT2D eigenvalue weighted by Gasteiger charge is -2.01. The first-order chi connectivity index (χ1) is 7.22. The monoisotopic (exact) mass is 213 g/mol. The van der Waals surface area contributed by atoms with Gasteiger partial charge in [-0.2, -0.15) is 0 Å². The average molecular weight is 213 g/mol. The van der Waals surface area contributed by atoms with Gasteiger partial charge in [0, 0.05) is 20.0 Å². The van der Waals surface area contributed by atoms with Crippen LogP contribution in [-0.2, 0) is 11.3 Å². The number of hydrogen-bond acceptors (Lipinski definition) is 6. The summed E-state index contributed by atoms with van der Waals surface area (Å²) in [5.41, 5.74) is 0. The number of rotatable bonds is 6. The Bertz CT molecular complexity index is 312. The summed E-state index contributed by atoms with van der Waals surface area (Å²) in [6.45, 7) is 3.10. The molecule has 7 nitrogen and oxygen atoms in total. The van der Waals surface area contributed by atoms with Crippen LogP contribution in [-0.4, -0.2) is 36.2 Å². The normalized spacial score (nSPS) is 10.0. The van der Waals surface area contributed by atoms with E-state index < -0.39 is 0 Å². The third-order valence-corrected chi connectivity index (χ3v) is 1.57. The minimum Gasteiger partial charge on any atom is -0.407 e. The van der Waals surface area contributed by atoms with E-state index in [9.17, 15) is 4.79 Å². The quantitative estimate of drug-likeness (QED) is 0.543. The van der Waals surface area contributed by atoms with Gasteiger partial charge in [0.15, 0.2) is 0 Å². The van der Waals surface area contributed by atoms with E-state index in [0.29, 0.717) is 31.5 Å². The van der Waals surface area contributed by atoms with Crippen molar-refractivity contribution in [1.29, 1.82) is 0 Å². The molecule has 0 aromatic carbocycles. The maximum Gasteiger partial charge on any atom is 0.315 e. The zero-order valence-corrected chi connectivity index (χ0v) is 8.83. The molecule has 0 atom stereocenters. The zero-order valence-electron chi connectivity index (χ0n) is 8.83. The second-order valence-corrected chi connectivity index (χ2v) is 2.94. The van der Waals surface area contributed by atoms with Gasteiger partial charge >= 0.3 is 6.01 Å². The molecule has 1 aromatic heterocycles. The molecular weight excluding hydrogens is 198 g/mol. The highest BCUT2D eigenvalue weighted by atomic mass is 16.4. The summed E-state index contributed by atoms with van der Waals surface area (Å²) in [5, 5.41) is 16.0. The van der Waals surface area contributed by atoms with Gasteiger partial charge in [0.2, 0.25) is 11.8 Å². The lowest BCUT2D eigenvalue weighted by Crippen LogP contribution is -2.26. The summed E-state index contributed by atoms with van der Waals surface area (Å²) in [6.07, 6.45) is 0. The predicted octanol–water partition coefficient (Wildman–Crippen LogP) is -0.663. The van der Waals surface area contributed by atoms with Crippen molar-refractivity contribution in [2.24, 2.45) is 0 Å². The molecule has 0 spiro atoms. The minimum absolute atomic E-state index is 0.0572. The Morgan fingerprint density at radius 1 is 1.40 bits per heavy atom. The van der Waals surface area contributed by atoms with Gasteiger partial charge < -0.3 is 20.4 Å². The van der Waals surface area contributed by atoms with Crippen molar-refractivity contribution in [3.63, 3.8) is 0 Å². The molecule has 0 aliphatic carbocycles. The molecule has 0 aliphatic heterocycles. The largest absolute Gasteiger partial charge is 0.407 e. The summed E-state index contributed by atoms with van der Waals surface area (Å²) < 4.78 is 5.22. The van der Waals surface area contributed by atoms with Crippen molar-refractivity contribution in [3.05, 3.63) is 5.89 Å². The highest BCUT2D eigenvalue weighted by molar-refractivity contribution is 5.72. The summed E-state index contributed by atoms with van der Waals surface area (Å²) in [4.78, 5) is 10.5.